The number of anilines is 1. The van der Waals surface area contributed by atoms with Crippen molar-refractivity contribution in [1.82, 2.24) is 9.55 Å². The van der Waals surface area contributed by atoms with Crippen molar-refractivity contribution in [3.05, 3.63) is 50.8 Å². The number of benzene rings is 1. The Balaban J connectivity index is 1.80. The van der Waals surface area contributed by atoms with Crippen molar-refractivity contribution in [2.45, 2.75) is 45.2 Å². The van der Waals surface area contributed by atoms with Crippen LogP contribution in [-0.2, 0) is 34.5 Å². The van der Waals surface area contributed by atoms with E-state index >= 15 is 0 Å². The molecule has 0 bridgehead atoms. The molecule has 2 aliphatic heterocycles. The zero-order valence-corrected chi connectivity index (χ0v) is 19.2. The summed E-state index contributed by atoms with van der Waals surface area (Å²) in [7, 11) is 1.18. The fourth-order valence-electron chi connectivity index (χ4n) is 4.88. The van der Waals surface area contributed by atoms with Gasteiger partial charge in [-0.2, -0.15) is 13.2 Å². The van der Waals surface area contributed by atoms with Gasteiger partial charge in [-0.25, -0.2) is 9.78 Å². The van der Waals surface area contributed by atoms with Crippen LogP contribution in [0.25, 0.3) is 22.3 Å². The molecular formula is C24H22F3N3O5. The number of alkyl halides is 3. The molecule has 0 fully saturated rings. The van der Waals surface area contributed by atoms with Gasteiger partial charge in [0.25, 0.3) is 5.56 Å². The topological polar surface area (TPSA) is 103 Å². The Labute approximate surface area is 197 Å². The molecule has 3 aromatic rings. The maximum atomic E-state index is 13.8. The largest absolute Gasteiger partial charge is 0.494 e. The van der Waals surface area contributed by atoms with Crippen LogP contribution >= 0.6 is 0 Å². The third-order valence-corrected chi connectivity index (χ3v) is 6.63. The van der Waals surface area contributed by atoms with Gasteiger partial charge in [-0.05, 0) is 31.5 Å². The first-order valence-electron chi connectivity index (χ1n) is 11.1. The number of methoxy groups -OCH3 is 1. The van der Waals surface area contributed by atoms with Crippen LogP contribution < -0.4 is 15.6 Å². The van der Waals surface area contributed by atoms with Crippen molar-refractivity contribution >= 4 is 22.6 Å². The molecule has 184 valence electrons. The highest BCUT2D eigenvalue weighted by molar-refractivity contribution is 5.98. The number of aliphatic hydroxyl groups is 1. The number of pyridine rings is 2. The second-order valence-corrected chi connectivity index (χ2v) is 8.53. The Morgan fingerprint density at radius 3 is 2.63 bits per heavy atom. The second-order valence-electron chi connectivity index (χ2n) is 8.53. The van der Waals surface area contributed by atoms with E-state index in [9.17, 15) is 27.9 Å². The summed E-state index contributed by atoms with van der Waals surface area (Å²) >= 11 is 0. The average Bonchev–Trinajstić information content (AvgIpc) is 3.18. The lowest BCUT2D eigenvalue weighted by atomic mass is 9.86. The number of ether oxygens (including phenoxy) is 2. The first kappa shape index (κ1) is 23.2. The van der Waals surface area contributed by atoms with Crippen molar-refractivity contribution in [3.8, 4) is 17.1 Å². The van der Waals surface area contributed by atoms with Gasteiger partial charge in [0, 0.05) is 23.1 Å². The highest BCUT2D eigenvalue weighted by Gasteiger charge is 2.45. The van der Waals surface area contributed by atoms with E-state index in [2.05, 4.69) is 10.3 Å². The molecule has 11 heteroatoms. The fourth-order valence-corrected chi connectivity index (χ4v) is 4.88. The van der Waals surface area contributed by atoms with E-state index in [0.29, 0.717) is 28.9 Å². The summed E-state index contributed by atoms with van der Waals surface area (Å²) in [5.74, 6) is -1.18. The number of carbonyl (C=O) groups is 1. The van der Waals surface area contributed by atoms with E-state index in [1.54, 1.807) is 19.9 Å². The number of rotatable bonds is 4. The van der Waals surface area contributed by atoms with Crippen LogP contribution in [0.4, 0.5) is 18.9 Å². The first-order chi connectivity index (χ1) is 16.5. The van der Waals surface area contributed by atoms with Crippen LogP contribution in [0.1, 0.15) is 42.5 Å². The molecule has 2 aromatic heterocycles. The van der Waals surface area contributed by atoms with E-state index < -0.39 is 28.9 Å². The number of halogens is 3. The summed E-state index contributed by atoms with van der Waals surface area (Å²) in [4.78, 5) is 30.1. The van der Waals surface area contributed by atoms with Crippen molar-refractivity contribution in [3.63, 3.8) is 0 Å². The molecule has 5 rings (SSSR count). The Morgan fingerprint density at radius 2 is 2.00 bits per heavy atom. The molecule has 2 N–H and O–H groups in total. The van der Waals surface area contributed by atoms with E-state index in [4.69, 9.17) is 9.47 Å². The van der Waals surface area contributed by atoms with E-state index in [-0.39, 0.29) is 47.7 Å². The molecule has 35 heavy (non-hydrogen) atoms. The summed E-state index contributed by atoms with van der Waals surface area (Å²) in [5, 5.41) is 14.3. The molecule has 0 saturated carbocycles. The summed E-state index contributed by atoms with van der Waals surface area (Å²) in [6.07, 6.45) is -4.70. The Bertz CT molecular complexity index is 1460. The molecule has 1 aromatic carbocycles. The molecule has 0 saturated heterocycles. The number of carbonyl (C=O) groups excluding carboxylic acids is 1. The van der Waals surface area contributed by atoms with E-state index in [0.717, 1.165) is 6.07 Å². The van der Waals surface area contributed by atoms with Crippen molar-refractivity contribution < 1.29 is 32.5 Å². The normalized spacial score (nSPS) is 18.7. The summed E-state index contributed by atoms with van der Waals surface area (Å²) in [5.41, 5.74) is -1.61. The lowest BCUT2D eigenvalue weighted by Crippen LogP contribution is -2.44. The number of cyclic esters (lactones) is 1. The SMILES string of the molecule is CCNc1c(OC)c(C(F)(F)F)cc2nc3c(cc12)Cn1c-3cc2c(c1=O)COC(=O)[C@]2(O)CC. The molecule has 8 nitrogen and oxygen atoms in total. The molecule has 1 atom stereocenters. The van der Waals surface area contributed by atoms with Gasteiger partial charge in [-0.15, -0.1) is 0 Å². The minimum Gasteiger partial charge on any atom is -0.494 e. The smallest absolute Gasteiger partial charge is 0.420 e. The predicted octanol–water partition coefficient (Wildman–Crippen LogP) is 3.54. The Kier molecular flexibility index (Phi) is 5.10. The average molecular weight is 489 g/mol. The second kappa shape index (κ2) is 7.70. The number of fused-ring (bicyclic) bond motifs is 5. The quantitative estimate of drug-likeness (QED) is 0.423. The molecule has 4 heterocycles. The molecule has 2 aliphatic rings. The van der Waals surface area contributed by atoms with Gasteiger partial charge in [-0.1, -0.05) is 6.92 Å². The zero-order valence-electron chi connectivity index (χ0n) is 19.2. The lowest BCUT2D eigenvalue weighted by molar-refractivity contribution is -0.172. The number of hydrogen-bond acceptors (Lipinski definition) is 7. The molecule has 0 aliphatic carbocycles. The maximum Gasteiger partial charge on any atom is 0.420 e. The summed E-state index contributed by atoms with van der Waals surface area (Å²) in [6.45, 7) is 3.56. The monoisotopic (exact) mass is 489 g/mol. The van der Waals surface area contributed by atoms with Gasteiger partial charge < -0.3 is 24.5 Å². The number of nitrogens with zero attached hydrogens (tertiary/aromatic N) is 2. The first-order valence-corrected chi connectivity index (χ1v) is 11.1. The van der Waals surface area contributed by atoms with Gasteiger partial charge in [0.15, 0.2) is 11.4 Å². The minimum absolute atomic E-state index is 0.0134. The summed E-state index contributed by atoms with van der Waals surface area (Å²) < 4.78 is 53.2. The van der Waals surface area contributed by atoms with Crippen molar-refractivity contribution in [2.24, 2.45) is 0 Å². The highest BCUT2D eigenvalue weighted by atomic mass is 19.4. The van der Waals surface area contributed by atoms with Crippen molar-refractivity contribution in [1.29, 1.82) is 0 Å². The fraction of sp³-hybridized carbons (Fsp3) is 0.375. The van der Waals surface area contributed by atoms with E-state index in [1.165, 1.54) is 17.7 Å². The Hall–Kier alpha value is -3.60. The molecular weight excluding hydrogens is 467 g/mol. The van der Waals surface area contributed by atoms with Gasteiger partial charge in [-0.3, -0.25) is 4.79 Å². The van der Waals surface area contributed by atoms with Gasteiger partial charge in [0.05, 0.1) is 41.8 Å². The highest BCUT2D eigenvalue weighted by Crippen LogP contribution is 2.46. The van der Waals surface area contributed by atoms with Crippen LogP contribution in [0.5, 0.6) is 5.75 Å². The third-order valence-electron chi connectivity index (χ3n) is 6.63. The molecule has 0 spiro atoms. The van der Waals surface area contributed by atoms with Crippen LogP contribution in [0.2, 0.25) is 0 Å². The molecule has 0 unspecified atom stereocenters. The standard InChI is InChI=1S/C24H22F3N3O5/c1-4-23(33)14-8-17-18-11(9-30(17)21(31)13(14)10-35-22(23)32)6-12-16(29-18)7-15(24(25,26)27)20(34-3)19(12)28-5-2/h6-8,28,33H,4-5,9-10H2,1-3H3/t23-/m0/s1. The third kappa shape index (κ3) is 3.21. The number of nitrogens with one attached hydrogen (secondary N) is 1. The predicted molar refractivity (Wildman–Crippen MR) is 120 cm³/mol. The van der Waals surface area contributed by atoms with E-state index in [1.807, 2.05) is 0 Å². The van der Waals surface area contributed by atoms with Crippen LogP contribution in [0.15, 0.2) is 23.0 Å². The summed E-state index contributed by atoms with van der Waals surface area (Å²) in [6, 6.07) is 4.14. The maximum absolute atomic E-state index is 13.8. The lowest BCUT2D eigenvalue weighted by Gasteiger charge is -2.31. The van der Waals surface area contributed by atoms with Crippen LogP contribution in [0, 0.1) is 0 Å². The molecule has 0 amide bonds. The number of aromatic nitrogens is 2. The number of esters is 1. The van der Waals surface area contributed by atoms with Crippen LogP contribution in [-0.4, -0.2) is 34.3 Å². The van der Waals surface area contributed by atoms with Crippen LogP contribution in [0.3, 0.4) is 0 Å². The van der Waals surface area contributed by atoms with Gasteiger partial charge >= 0.3 is 12.1 Å². The van der Waals surface area contributed by atoms with Crippen molar-refractivity contribution in [2.75, 3.05) is 19.0 Å². The Morgan fingerprint density at radius 1 is 1.26 bits per heavy atom. The molecule has 0 radical (unpaired) electrons. The van der Waals surface area contributed by atoms with Gasteiger partial charge in [0.1, 0.15) is 12.2 Å². The van der Waals surface area contributed by atoms with Gasteiger partial charge in [0.2, 0.25) is 0 Å². The minimum atomic E-state index is -4.68. The zero-order chi connectivity index (χ0) is 25.3. The number of hydrogen-bond donors (Lipinski definition) is 2.